The number of amides is 1. The number of hydrogen-bond acceptors (Lipinski definition) is 4. The van der Waals surface area contributed by atoms with Gasteiger partial charge in [-0.1, -0.05) is 23.7 Å². The van der Waals surface area contributed by atoms with Crippen molar-refractivity contribution in [2.45, 2.75) is 20.3 Å². The number of halogens is 1. The van der Waals surface area contributed by atoms with Crippen LogP contribution in [0.3, 0.4) is 0 Å². The Kier molecular flexibility index (Phi) is 6.39. The van der Waals surface area contributed by atoms with Crippen molar-refractivity contribution in [3.05, 3.63) is 46.2 Å². The molecular formula is C20H27ClN4O2. The van der Waals surface area contributed by atoms with E-state index in [1.165, 1.54) is 0 Å². The van der Waals surface area contributed by atoms with Gasteiger partial charge in [0.05, 0.1) is 17.1 Å². The molecule has 0 radical (unpaired) electrons. The molecule has 1 fully saturated rings. The molecule has 0 spiro atoms. The van der Waals surface area contributed by atoms with Crippen molar-refractivity contribution in [2.24, 2.45) is 7.05 Å². The van der Waals surface area contributed by atoms with E-state index in [1.54, 1.807) is 0 Å². The Morgan fingerprint density at radius 3 is 2.52 bits per heavy atom. The summed E-state index contributed by atoms with van der Waals surface area (Å²) in [6.07, 6.45) is 0.432. The average molecular weight is 391 g/mol. The normalized spacial score (nSPS) is 15.2. The topological polar surface area (TPSA) is 50.6 Å². The van der Waals surface area contributed by atoms with Gasteiger partial charge in [-0.2, -0.15) is 5.10 Å². The molecule has 1 aromatic carbocycles. The van der Waals surface area contributed by atoms with Crippen LogP contribution in [0.25, 0.3) is 0 Å². The molecule has 1 aliphatic rings. The highest BCUT2D eigenvalue weighted by Gasteiger charge is 2.23. The van der Waals surface area contributed by atoms with E-state index in [9.17, 15) is 4.79 Å². The van der Waals surface area contributed by atoms with Gasteiger partial charge in [-0.05, 0) is 26.0 Å². The molecule has 2 heterocycles. The number of aromatic nitrogens is 2. The number of aryl methyl sites for hydroxylation is 2. The average Bonchev–Trinajstić information content (AvgIpc) is 2.90. The van der Waals surface area contributed by atoms with Crippen molar-refractivity contribution in [3.8, 4) is 5.75 Å². The number of carbonyl (C=O) groups is 1. The van der Waals surface area contributed by atoms with Crippen molar-refractivity contribution in [2.75, 3.05) is 39.3 Å². The number of hydrogen-bond donors (Lipinski definition) is 0. The van der Waals surface area contributed by atoms with E-state index in [0.717, 1.165) is 55.4 Å². The fourth-order valence-corrected chi connectivity index (χ4v) is 3.59. The van der Waals surface area contributed by atoms with Crippen molar-refractivity contribution in [1.29, 1.82) is 0 Å². The maximum atomic E-state index is 12.7. The summed E-state index contributed by atoms with van der Waals surface area (Å²) in [5.41, 5.74) is 3.06. The van der Waals surface area contributed by atoms with Crippen LogP contribution in [0.15, 0.2) is 24.3 Å². The summed E-state index contributed by atoms with van der Waals surface area (Å²) in [6, 6.07) is 7.51. The monoisotopic (exact) mass is 390 g/mol. The van der Waals surface area contributed by atoms with Gasteiger partial charge in [0.1, 0.15) is 12.4 Å². The zero-order valence-electron chi connectivity index (χ0n) is 16.2. The second-order valence-corrected chi connectivity index (χ2v) is 7.36. The molecule has 0 saturated carbocycles. The summed E-state index contributed by atoms with van der Waals surface area (Å²) >= 11 is 6.10. The fourth-order valence-electron chi connectivity index (χ4n) is 3.40. The maximum Gasteiger partial charge on any atom is 0.227 e. The van der Waals surface area contributed by atoms with Crippen LogP contribution in [0.2, 0.25) is 5.02 Å². The minimum atomic E-state index is 0.182. The minimum Gasteiger partial charge on any atom is -0.491 e. The molecule has 1 aromatic heterocycles. The summed E-state index contributed by atoms with van der Waals surface area (Å²) in [4.78, 5) is 16.9. The van der Waals surface area contributed by atoms with E-state index >= 15 is 0 Å². The smallest absolute Gasteiger partial charge is 0.227 e. The number of carbonyl (C=O) groups excluding carboxylic acids is 1. The second kappa shape index (κ2) is 8.76. The summed E-state index contributed by atoms with van der Waals surface area (Å²) in [5, 5.41) is 5.03. The van der Waals surface area contributed by atoms with Crippen LogP contribution >= 0.6 is 11.6 Å². The third kappa shape index (κ3) is 4.82. The molecule has 7 heteroatoms. The number of para-hydroxylation sites is 1. The Labute approximate surface area is 165 Å². The molecule has 0 unspecified atom stereocenters. The molecule has 2 aromatic rings. The van der Waals surface area contributed by atoms with Crippen LogP contribution in [0, 0.1) is 13.8 Å². The van der Waals surface area contributed by atoms with Crippen molar-refractivity contribution < 1.29 is 9.53 Å². The first-order valence-corrected chi connectivity index (χ1v) is 9.70. The fraction of sp³-hybridized carbons (Fsp3) is 0.500. The molecule has 0 atom stereocenters. The molecule has 0 bridgehead atoms. The zero-order chi connectivity index (χ0) is 19.4. The van der Waals surface area contributed by atoms with E-state index in [4.69, 9.17) is 16.3 Å². The maximum absolute atomic E-state index is 12.7. The quantitative estimate of drug-likeness (QED) is 0.760. The molecule has 146 valence electrons. The van der Waals surface area contributed by atoms with Gasteiger partial charge in [-0.3, -0.25) is 14.4 Å². The number of benzene rings is 1. The van der Waals surface area contributed by atoms with Crippen LogP contribution in [0.4, 0.5) is 0 Å². The van der Waals surface area contributed by atoms with E-state index in [-0.39, 0.29) is 5.91 Å². The highest BCUT2D eigenvalue weighted by Crippen LogP contribution is 2.23. The van der Waals surface area contributed by atoms with Crippen molar-refractivity contribution >= 4 is 17.5 Å². The second-order valence-electron chi connectivity index (χ2n) is 6.95. The van der Waals surface area contributed by atoms with Crippen molar-refractivity contribution in [3.63, 3.8) is 0 Å². The SMILES string of the molecule is Cc1nn(C)c(C)c1CC(=O)N1CCN(CCOc2ccccc2Cl)CC1. The Morgan fingerprint density at radius 2 is 1.89 bits per heavy atom. The van der Waals surface area contributed by atoms with Gasteiger partial charge in [0.15, 0.2) is 0 Å². The number of piperazine rings is 1. The predicted molar refractivity (Wildman–Crippen MR) is 106 cm³/mol. The highest BCUT2D eigenvalue weighted by atomic mass is 35.5. The first kappa shape index (κ1) is 19.7. The molecule has 0 aliphatic carbocycles. The summed E-state index contributed by atoms with van der Waals surface area (Å²) in [7, 11) is 1.92. The van der Waals surface area contributed by atoms with Gasteiger partial charge in [0.2, 0.25) is 5.91 Å². The molecule has 6 nitrogen and oxygen atoms in total. The van der Waals surface area contributed by atoms with Crippen LogP contribution in [-0.4, -0.2) is 64.8 Å². The standard InChI is InChI=1S/C20H27ClN4O2/c1-15-17(16(2)23(3)22-15)14-20(26)25-10-8-24(9-11-25)12-13-27-19-7-5-4-6-18(19)21/h4-7H,8-14H2,1-3H3. The van der Waals surface area contributed by atoms with Crippen LogP contribution in [0.1, 0.15) is 17.0 Å². The van der Waals surface area contributed by atoms with Gasteiger partial charge in [-0.25, -0.2) is 0 Å². The lowest BCUT2D eigenvalue weighted by molar-refractivity contribution is -0.132. The van der Waals surface area contributed by atoms with Crippen LogP contribution in [0.5, 0.6) is 5.75 Å². The van der Waals surface area contributed by atoms with E-state index in [0.29, 0.717) is 18.1 Å². The van der Waals surface area contributed by atoms with Crippen molar-refractivity contribution in [1.82, 2.24) is 19.6 Å². The summed E-state index contributed by atoms with van der Waals surface area (Å²) < 4.78 is 7.60. The zero-order valence-corrected chi connectivity index (χ0v) is 17.0. The highest BCUT2D eigenvalue weighted by molar-refractivity contribution is 6.32. The third-order valence-electron chi connectivity index (χ3n) is 5.21. The Balaban J connectivity index is 1.43. The third-order valence-corrected chi connectivity index (χ3v) is 5.53. The van der Waals surface area contributed by atoms with E-state index in [1.807, 2.05) is 54.7 Å². The Hall–Kier alpha value is -2.05. The summed E-state index contributed by atoms with van der Waals surface area (Å²) in [6.45, 7) is 8.63. The first-order valence-electron chi connectivity index (χ1n) is 9.32. The van der Waals surface area contributed by atoms with Gasteiger partial charge in [-0.15, -0.1) is 0 Å². The lowest BCUT2D eigenvalue weighted by atomic mass is 10.1. The largest absolute Gasteiger partial charge is 0.491 e. The molecular weight excluding hydrogens is 364 g/mol. The van der Waals surface area contributed by atoms with E-state index < -0.39 is 0 Å². The molecule has 1 aliphatic heterocycles. The Bertz CT molecular complexity index is 797. The molecule has 1 saturated heterocycles. The lowest BCUT2D eigenvalue weighted by Gasteiger charge is -2.34. The van der Waals surface area contributed by atoms with Gasteiger partial charge in [0, 0.05) is 51.0 Å². The number of rotatable bonds is 6. The number of nitrogens with zero attached hydrogens (tertiary/aromatic N) is 4. The molecule has 3 rings (SSSR count). The molecule has 1 amide bonds. The summed E-state index contributed by atoms with van der Waals surface area (Å²) in [5.74, 6) is 0.899. The molecule has 27 heavy (non-hydrogen) atoms. The van der Waals surface area contributed by atoms with Gasteiger partial charge in [0.25, 0.3) is 0 Å². The van der Waals surface area contributed by atoms with Gasteiger partial charge < -0.3 is 9.64 Å². The number of ether oxygens (including phenoxy) is 1. The molecule has 0 N–H and O–H groups in total. The first-order chi connectivity index (χ1) is 13.0. The minimum absolute atomic E-state index is 0.182. The van der Waals surface area contributed by atoms with Crippen LogP contribution < -0.4 is 4.74 Å². The van der Waals surface area contributed by atoms with E-state index in [2.05, 4.69) is 10.00 Å². The van der Waals surface area contributed by atoms with Gasteiger partial charge >= 0.3 is 0 Å². The van der Waals surface area contributed by atoms with Crippen LogP contribution in [-0.2, 0) is 18.3 Å². The predicted octanol–water partition coefficient (Wildman–Crippen LogP) is 2.46. The lowest BCUT2D eigenvalue weighted by Crippen LogP contribution is -2.50. The Morgan fingerprint density at radius 1 is 1.19 bits per heavy atom.